The maximum atomic E-state index is 8.96. The van der Waals surface area contributed by atoms with Crippen molar-refractivity contribution >= 4 is 0 Å². The first-order chi connectivity index (χ1) is 9.86. The number of rotatable bonds is 8. The van der Waals surface area contributed by atoms with Crippen LogP contribution in [0.1, 0.15) is 25.7 Å². The zero-order valence-electron chi connectivity index (χ0n) is 12.1. The van der Waals surface area contributed by atoms with Crippen molar-refractivity contribution in [3.8, 4) is 11.8 Å². The van der Waals surface area contributed by atoms with E-state index in [0.29, 0.717) is 19.6 Å². The minimum atomic E-state index is -0.0860. The molecule has 1 atom stereocenters. The molecule has 1 unspecified atom stereocenters. The van der Waals surface area contributed by atoms with Crippen molar-refractivity contribution in [2.24, 2.45) is 0 Å². The summed E-state index contributed by atoms with van der Waals surface area (Å²) in [6.07, 6.45) is 5.49. The lowest BCUT2D eigenvalue weighted by atomic mass is 10.2. The van der Waals surface area contributed by atoms with Crippen LogP contribution in [0.25, 0.3) is 0 Å². The van der Waals surface area contributed by atoms with Gasteiger partial charge in [0.2, 0.25) is 0 Å². The fourth-order valence-electron chi connectivity index (χ4n) is 1.79. The van der Waals surface area contributed by atoms with Gasteiger partial charge in [-0.3, -0.25) is 0 Å². The largest absolute Gasteiger partial charge is 0.392 e. The Morgan fingerprint density at radius 3 is 3.05 bits per heavy atom. The Kier molecular flexibility index (Phi) is 10.2. The Bertz CT molecular complexity index is 323. The van der Waals surface area contributed by atoms with E-state index in [1.165, 1.54) is 0 Å². The van der Waals surface area contributed by atoms with Crippen LogP contribution in [0, 0.1) is 11.8 Å². The second-order valence-corrected chi connectivity index (χ2v) is 4.39. The zero-order valence-corrected chi connectivity index (χ0v) is 12.1. The van der Waals surface area contributed by atoms with E-state index < -0.39 is 0 Å². The number of ether oxygens (including phenoxy) is 4. The molecule has 1 saturated heterocycles. The summed E-state index contributed by atoms with van der Waals surface area (Å²) in [6, 6.07) is 0. The van der Waals surface area contributed by atoms with Gasteiger partial charge in [-0.2, -0.15) is 0 Å². The van der Waals surface area contributed by atoms with E-state index >= 15 is 0 Å². The van der Waals surface area contributed by atoms with E-state index in [1.807, 2.05) is 0 Å². The van der Waals surface area contributed by atoms with Crippen LogP contribution in [0.5, 0.6) is 0 Å². The van der Waals surface area contributed by atoms with Gasteiger partial charge in [0, 0.05) is 25.7 Å². The maximum Gasteiger partial charge on any atom is 0.157 e. The molecule has 0 aromatic rings. The molecule has 0 bridgehead atoms. The molecule has 1 fully saturated rings. The van der Waals surface area contributed by atoms with E-state index in [-0.39, 0.29) is 19.7 Å². The number of methoxy groups -OCH3 is 1. The van der Waals surface area contributed by atoms with Crippen LogP contribution in [-0.2, 0) is 18.9 Å². The molecule has 0 spiro atoms. The first kappa shape index (κ1) is 17.2. The first-order valence-corrected chi connectivity index (χ1v) is 6.95. The summed E-state index contributed by atoms with van der Waals surface area (Å²) in [5.74, 6) is 5.84. The van der Waals surface area contributed by atoms with E-state index in [9.17, 15) is 0 Å². The molecule has 0 amide bonds. The lowest BCUT2D eigenvalue weighted by Gasteiger charge is -2.22. The summed E-state index contributed by atoms with van der Waals surface area (Å²) < 4.78 is 20.9. The predicted molar refractivity (Wildman–Crippen MR) is 74.9 cm³/mol. The van der Waals surface area contributed by atoms with Gasteiger partial charge in [0.15, 0.2) is 6.29 Å². The standard InChI is InChI=1S/C15H24O5/c1-17-13-18-10-4-5-14(7-9-16)8-12-20-15-6-2-3-11-19-15/h7,15-16H,2-3,6,8-13H2,1H3/b14-7+. The van der Waals surface area contributed by atoms with E-state index in [2.05, 4.69) is 11.8 Å². The van der Waals surface area contributed by atoms with Gasteiger partial charge < -0.3 is 24.1 Å². The Hall–Kier alpha value is -0.900. The Balaban J connectivity index is 2.22. The lowest BCUT2D eigenvalue weighted by molar-refractivity contribution is -0.161. The van der Waals surface area contributed by atoms with Gasteiger partial charge in [-0.05, 0) is 25.3 Å². The summed E-state index contributed by atoms with van der Waals surface area (Å²) in [6.45, 7) is 1.84. The van der Waals surface area contributed by atoms with Crippen molar-refractivity contribution in [3.05, 3.63) is 11.6 Å². The van der Waals surface area contributed by atoms with Gasteiger partial charge in [0.05, 0.1) is 13.2 Å². The summed E-state index contributed by atoms with van der Waals surface area (Å²) in [5, 5.41) is 8.96. The second-order valence-electron chi connectivity index (χ2n) is 4.39. The zero-order chi connectivity index (χ0) is 14.5. The highest BCUT2D eigenvalue weighted by Crippen LogP contribution is 2.14. The molecule has 1 N–H and O–H groups in total. The highest BCUT2D eigenvalue weighted by molar-refractivity contribution is 5.28. The molecule has 1 rings (SSSR count). The van der Waals surface area contributed by atoms with E-state index in [0.717, 1.165) is 31.4 Å². The molecule has 0 radical (unpaired) electrons. The summed E-state index contributed by atoms with van der Waals surface area (Å²) >= 11 is 0. The van der Waals surface area contributed by atoms with Crippen molar-refractivity contribution in [1.29, 1.82) is 0 Å². The molecule has 114 valence electrons. The molecule has 0 aromatic carbocycles. The van der Waals surface area contributed by atoms with Crippen LogP contribution in [0.3, 0.4) is 0 Å². The smallest absolute Gasteiger partial charge is 0.157 e. The van der Waals surface area contributed by atoms with Crippen molar-refractivity contribution < 1.29 is 24.1 Å². The molecule has 0 aromatic heterocycles. The summed E-state index contributed by atoms with van der Waals surface area (Å²) in [4.78, 5) is 0. The Morgan fingerprint density at radius 1 is 1.45 bits per heavy atom. The molecule has 0 aliphatic carbocycles. The Labute approximate surface area is 120 Å². The predicted octanol–water partition coefficient (Wildman–Crippen LogP) is 1.46. The number of hydrogen-bond donors (Lipinski definition) is 1. The topological polar surface area (TPSA) is 57.2 Å². The van der Waals surface area contributed by atoms with E-state index in [4.69, 9.17) is 24.1 Å². The number of aliphatic hydroxyl groups excluding tert-OH is 1. The molecule has 20 heavy (non-hydrogen) atoms. The fourth-order valence-corrected chi connectivity index (χ4v) is 1.79. The summed E-state index contributed by atoms with van der Waals surface area (Å²) in [5.41, 5.74) is 0.851. The van der Waals surface area contributed by atoms with Crippen LogP contribution < -0.4 is 0 Å². The van der Waals surface area contributed by atoms with Gasteiger partial charge in [0.25, 0.3) is 0 Å². The average molecular weight is 284 g/mol. The maximum absolute atomic E-state index is 8.96. The SMILES string of the molecule is COCOCC#C/C(=C\CO)CCOC1CCCCO1. The molecule has 5 heteroatoms. The van der Waals surface area contributed by atoms with Crippen molar-refractivity contribution in [2.45, 2.75) is 32.0 Å². The van der Waals surface area contributed by atoms with Crippen LogP contribution >= 0.6 is 0 Å². The molecule has 1 aliphatic heterocycles. The highest BCUT2D eigenvalue weighted by atomic mass is 16.7. The minimum absolute atomic E-state index is 0.0249. The van der Waals surface area contributed by atoms with Crippen molar-refractivity contribution in [1.82, 2.24) is 0 Å². The lowest BCUT2D eigenvalue weighted by Crippen LogP contribution is -2.22. The van der Waals surface area contributed by atoms with Crippen LogP contribution in [-0.4, -0.2) is 51.7 Å². The van der Waals surface area contributed by atoms with Gasteiger partial charge in [0.1, 0.15) is 13.4 Å². The minimum Gasteiger partial charge on any atom is -0.392 e. The Morgan fingerprint density at radius 2 is 2.35 bits per heavy atom. The van der Waals surface area contributed by atoms with Crippen LogP contribution in [0.2, 0.25) is 0 Å². The highest BCUT2D eigenvalue weighted by Gasteiger charge is 2.13. The molecule has 5 nitrogen and oxygen atoms in total. The average Bonchev–Trinajstić information content (AvgIpc) is 2.48. The summed E-state index contributed by atoms with van der Waals surface area (Å²) in [7, 11) is 1.56. The normalized spacial score (nSPS) is 19.5. The quantitative estimate of drug-likeness (QED) is 0.415. The van der Waals surface area contributed by atoms with Crippen LogP contribution in [0.4, 0.5) is 0 Å². The molecule has 0 saturated carbocycles. The van der Waals surface area contributed by atoms with Gasteiger partial charge in [-0.1, -0.05) is 11.8 Å². The molecular weight excluding hydrogens is 260 g/mol. The van der Waals surface area contributed by atoms with Gasteiger partial charge in [-0.15, -0.1) is 0 Å². The fraction of sp³-hybridized carbons (Fsp3) is 0.733. The van der Waals surface area contributed by atoms with Crippen molar-refractivity contribution in [2.75, 3.05) is 40.3 Å². The first-order valence-electron chi connectivity index (χ1n) is 6.95. The van der Waals surface area contributed by atoms with E-state index in [1.54, 1.807) is 13.2 Å². The van der Waals surface area contributed by atoms with Gasteiger partial charge in [-0.25, -0.2) is 0 Å². The monoisotopic (exact) mass is 284 g/mol. The third kappa shape index (κ3) is 8.31. The number of aliphatic hydroxyl groups is 1. The number of hydrogen-bond acceptors (Lipinski definition) is 5. The second kappa shape index (κ2) is 11.9. The van der Waals surface area contributed by atoms with Gasteiger partial charge >= 0.3 is 0 Å². The van der Waals surface area contributed by atoms with Crippen LogP contribution in [0.15, 0.2) is 11.6 Å². The van der Waals surface area contributed by atoms with Crippen molar-refractivity contribution in [3.63, 3.8) is 0 Å². The molecule has 1 aliphatic rings. The molecular formula is C15H24O5. The molecule has 1 heterocycles. The third-order valence-electron chi connectivity index (χ3n) is 2.78. The third-order valence-corrected chi connectivity index (χ3v) is 2.78.